The van der Waals surface area contributed by atoms with Crippen LogP contribution < -0.4 is 0 Å². The highest BCUT2D eigenvalue weighted by Gasteiger charge is 2.10. The minimum Gasteiger partial charge on any atom is -0.265 e. The van der Waals surface area contributed by atoms with E-state index >= 15 is 0 Å². The predicted molar refractivity (Wildman–Crippen MR) is 55.3 cm³/mol. The lowest BCUT2D eigenvalue weighted by Crippen LogP contribution is -2.09. The van der Waals surface area contributed by atoms with Crippen molar-refractivity contribution in [2.45, 2.75) is 34.1 Å². The van der Waals surface area contributed by atoms with Crippen molar-refractivity contribution in [3.05, 3.63) is 11.6 Å². The van der Waals surface area contributed by atoms with Gasteiger partial charge in [-0.3, -0.25) is 4.99 Å². The molecule has 64 valence electrons. The van der Waals surface area contributed by atoms with Crippen LogP contribution in [0.3, 0.4) is 0 Å². The van der Waals surface area contributed by atoms with Gasteiger partial charge in [0.25, 0.3) is 0 Å². The fraction of sp³-hybridized carbons (Fsp3) is 0.667. The van der Waals surface area contributed by atoms with Crippen molar-refractivity contribution in [3.8, 4) is 0 Å². The molecule has 1 nitrogen and oxygen atoms in total. The van der Waals surface area contributed by atoms with Crippen LogP contribution in [-0.4, -0.2) is 5.71 Å². The molecule has 0 aromatic rings. The first-order chi connectivity index (χ1) is 4.95. The monoisotopic (exact) mass is 171 g/mol. The highest BCUT2D eigenvalue weighted by atomic mass is 32.1. The summed E-state index contributed by atoms with van der Waals surface area (Å²) in [7, 11) is 0. The van der Waals surface area contributed by atoms with Gasteiger partial charge in [-0.05, 0) is 24.2 Å². The number of hydrogen-bond acceptors (Lipinski definition) is 2. The minimum atomic E-state index is 0.331. The first kappa shape index (κ1) is 10.8. The van der Waals surface area contributed by atoms with Crippen molar-refractivity contribution in [3.63, 3.8) is 0 Å². The molecule has 0 aliphatic carbocycles. The molecule has 0 heterocycles. The average molecular weight is 171 g/mol. The largest absolute Gasteiger partial charge is 0.265 e. The van der Waals surface area contributed by atoms with Gasteiger partial charge >= 0.3 is 0 Å². The molecule has 11 heavy (non-hydrogen) atoms. The molecule has 0 amide bonds. The van der Waals surface area contributed by atoms with Crippen molar-refractivity contribution in [2.24, 2.45) is 10.4 Å². The molecule has 0 saturated heterocycles. The van der Waals surface area contributed by atoms with E-state index in [0.717, 1.165) is 12.1 Å². The van der Waals surface area contributed by atoms with Gasteiger partial charge in [-0.25, -0.2) is 0 Å². The van der Waals surface area contributed by atoms with Crippen molar-refractivity contribution >= 4 is 18.3 Å². The van der Waals surface area contributed by atoms with Gasteiger partial charge in [-0.2, -0.15) is 0 Å². The summed E-state index contributed by atoms with van der Waals surface area (Å²) in [6, 6.07) is 0. The zero-order valence-corrected chi connectivity index (χ0v) is 8.65. The van der Waals surface area contributed by atoms with Crippen LogP contribution in [0.1, 0.15) is 34.1 Å². The molecule has 0 bridgehead atoms. The Balaban J connectivity index is 3.96. The zero-order valence-electron chi connectivity index (χ0n) is 7.76. The fourth-order valence-electron chi connectivity index (χ4n) is 0.974. The van der Waals surface area contributed by atoms with Gasteiger partial charge in [0, 0.05) is 11.9 Å². The Morgan fingerprint density at radius 2 is 2.00 bits per heavy atom. The first-order valence-corrected chi connectivity index (χ1v) is 4.30. The normalized spacial score (nSPS) is 14.5. The second kappa shape index (κ2) is 4.60. The maximum atomic E-state index is 4.19. The maximum absolute atomic E-state index is 4.19. The van der Waals surface area contributed by atoms with Gasteiger partial charge < -0.3 is 0 Å². The molecule has 0 atom stereocenters. The van der Waals surface area contributed by atoms with Crippen molar-refractivity contribution in [1.82, 2.24) is 0 Å². The molecular weight excluding hydrogens is 154 g/mol. The molecule has 0 saturated carbocycles. The van der Waals surface area contributed by atoms with Gasteiger partial charge in [-0.1, -0.05) is 20.8 Å². The van der Waals surface area contributed by atoms with Gasteiger partial charge in [0.05, 0.1) is 0 Å². The molecule has 0 fully saturated rings. The predicted octanol–water partition coefficient (Wildman–Crippen LogP) is 3.28. The molecule has 0 N–H and O–H groups in total. The van der Waals surface area contributed by atoms with Crippen LogP contribution in [0.25, 0.3) is 0 Å². The molecule has 0 rings (SSSR count). The summed E-state index contributed by atoms with van der Waals surface area (Å²) in [5.74, 6) is 0. The Bertz CT molecular complexity index is 163. The average Bonchev–Trinajstić information content (AvgIpc) is 1.79. The number of rotatable bonds is 2. The van der Waals surface area contributed by atoms with Crippen LogP contribution in [0.4, 0.5) is 0 Å². The Kier molecular flexibility index (Phi) is 4.50. The third kappa shape index (κ3) is 7.66. The van der Waals surface area contributed by atoms with Crippen LogP contribution in [0.2, 0.25) is 0 Å². The summed E-state index contributed by atoms with van der Waals surface area (Å²) in [4.78, 5) is 4.19. The van der Waals surface area contributed by atoms with Crippen LogP contribution in [0, 0.1) is 5.41 Å². The van der Waals surface area contributed by atoms with Gasteiger partial charge in [0.15, 0.2) is 0 Å². The van der Waals surface area contributed by atoms with E-state index in [1.54, 1.807) is 11.6 Å². The van der Waals surface area contributed by atoms with Crippen molar-refractivity contribution in [2.75, 3.05) is 0 Å². The molecule has 2 heteroatoms. The topological polar surface area (TPSA) is 12.4 Å². The molecule has 0 aromatic carbocycles. The van der Waals surface area contributed by atoms with E-state index in [1.165, 1.54) is 0 Å². The summed E-state index contributed by atoms with van der Waals surface area (Å²) in [5.41, 5.74) is 1.49. The Hall–Kier alpha value is -0.240. The molecule has 0 radical (unpaired) electrons. The van der Waals surface area contributed by atoms with E-state index in [2.05, 4.69) is 38.4 Å². The second-order valence-corrected chi connectivity index (χ2v) is 4.20. The lowest BCUT2D eigenvalue weighted by molar-refractivity contribution is 0.433. The summed E-state index contributed by atoms with van der Waals surface area (Å²) in [6.07, 6.45) is 2.75. The lowest BCUT2D eigenvalue weighted by Gasteiger charge is -2.16. The number of aliphatic imine (C=N–C) groups is 1. The first-order valence-electron chi connectivity index (χ1n) is 3.78. The summed E-state index contributed by atoms with van der Waals surface area (Å²) in [5, 5.41) is 1.64. The van der Waals surface area contributed by atoms with Gasteiger partial charge in [-0.15, -0.1) is 12.6 Å². The summed E-state index contributed by atoms with van der Waals surface area (Å²) in [6.45, 7) is 8.66. The molecule has 0 aromatic heterocycles. The summed E-state index contributed by atoms with van der Waals surface area (Å²) < 4.78 is 0. The number of thiol groups is 1. The van der Waals surface area contributed by atoms with E-state index in [9.17, 15) is 0 Å². The molecule has 0 unspecified atom stereocenters. The Labute approximate surface area is 75.0 Å². The quantitative estimate of drug-likeness (QED) is 0.483. The zero-order chi connectivity index (χ0) is 8.91. The van der Waals surface area contributed by atoms with E-state index in [-0.39, 0.29) is 0 Å². The third-order valence-electron chi connectivity index (χ3n) is 1.15. The molecular formula is C9H17NS. The van der Waals surface area contributed by atoms with Gasteiger partial charge in [0.1, 0.15) is 0 Å². The standard InChI is InChI=1S/C9H17NS/c1-8(10-5-6-11)7-9(2,3)4/h5-6,11H,7H2,1-4H3/b6-5-,10-8?. The van der Waals surface area contributed by atoms with Crippen LogP contribution in [0.15, 0.2) is 16.6 Å². The Morgan fingerprint density at radius 3 is 2.36 bits per heavy atom. The maximum Gasteiger partial charge on any atom is 0.0327 e. The second-order valence-electron chi connectivity index (χ2n) is 3.90. The molecule has 0 spiro atoms. The highest BCUT2D eigenvalue weighted by Crippen LogP contribution is 2.18. The van der Waals surface area contributed by atoms with Gasteiger partial charge in [0.2, 0.25) is 0 Å². The summed E-state index contributed by atoms with van der Waals surface area (Å²) >= 11 is 3.92. The van der Waals surface area contributed by atoms with Crippen LogP contribution >= 0.6 is 12.6 Å². The highest BCUT2D eigenvalue weighted by molar-refractivity contribution is 7.83. The van der Waals surface area contributed by atoms with Crippen molar-refractivity contribution < 1.29 is 0 Å². The molecule has 0 aliphatic heterocycles. The van der Waals surface area contributed by atoms with E-state index in [4.69, 9.17) is 0 Å². The lowest BCUT2D eigenvalue weighted by atomic mass is 9.90. The number of hydrogen-bond donors (Lipinski definition) is 1. The van der Waals surface area contributed by atoms with E-state index in [0.29, 0.717) is 5.41 Å². The van der Waals surface area contributed by atoms with Crippen molar-refractivity contribution in [1.29, 1.82) is 0 Å². The number of nitrogens with zero attached hydrogens (tertiary/aromatic N) is 1. The van der Waals surface area contributed by atoms with Crippen LogP contribution in [-0.2, 0) is 0 Å². The molecule has 0 aliphatic rings. The minimum absolute atomic E-state index is 0.331. The fourth-order valence-corrected chi connectivity index (χ4v) is 1.04. The smallest absolute Gasteiger partial charge is 0.0327 e. The third-order valence-corrected chi connectivity index (χ3v) is 1.28. The Morgan fingerprint density at radius 1 is 1.45 bits per heavy atom. The van der Waals surface area contributed by atoms with E-state index < -0.39 is 0 Å². The van der Waals surface area contributed by atoms with E-state index in [1.807, 2.05) is 6.92 Å². The SMILES string of the molecule is CC(CC(C)(C)C)=N/C=C\S. The van der Waals surface area contributed by atoms with Crippen LogP contribution in [0.5, 0.6) is 0 Å².